The molecule has 1 saturated carbocycles. The summed E-state index contributed by atoms with van der Waals surface area (Å²) in [5.74, 6) is 0.688. The van der Waals surface area contributed by atoms with E-state index in [1.54, 1.807) is 0 Å². The van der Waals surface area contributed by atoms with Gasteiger partial charge in [0, 0.05) is 0 Å². The van der Waals surface area contributed by atoms with Crippen LogP contribution in [0, 0.1) is 17.3 Å². The third kappa shape index (κ3) is 5.18. The molecule has 2 heteroatoms. The van der Waals surface area contributed by atoms with E-state index in [-0.39, 0.29) is 11.3 Å². The first kappa shape index (κ1) is 20.0. The highest BCUT2D eigenvalue weighted by atomic mass is 19.3. The molecule has 0 nitrogen and oxygen atoms in total. The summed E-state index contributed by atoms with van der Waals surface area (Å²) < 4.78 is 25.2. The number of hydrogen-bond acceptors (Lipinski definition) is 0. The first-order valence-electron chi connectivity index (χ1n) is 10.6. The van der Waals surface area contributed by atoms with Crippen LogP contribution in [0.25, 0.3) is 5.57 Å². The van der Waals surface area contributed by atoms with Crippen LogP contribution in [-0.2, 0) is 0 Å². The van der Waals surface area contributed by atoms with Gasteiger partial charge in [0.25, 0.3) is 6.08 Å². The lowest BCUT2D eigenvalue weighted by atomic mass is 9.61. The summed E-state index contributed by atoms with van der Waals surface area (Å²) in [6.45, 7) is 2.25. The van der Waals surface area contributed by atoms with Crippen molar-refractivity contribution in [1.82, 2.24) is 0 Å². The number of allylic oxidation sites excluding steroid dienone is 5. The molecule has 1 fully saturated rings. The van der Waals surface area contributed by atoms with Crippen molar-refractivity contribution in [1.29, 1.82) is 0 Å². The minimum absolute atomic E-state index is 0.0712. The maximum absolute atomic E-state index is 12.6. The van der Waals surface area contributed by atoms with Crippen LogP contribution in [-0.4, -0.2) is 0 Å². The standard InChI is InChI=1S/C25H32F2/c1-2-3-7-16-25(23-12-10-20(11-13-23)19-24(26)27)17-14-22(15-18-25)21-8-5-4-6-9-21/h4-6,8-9,14-15,17,19-20,23H,2-3,7,10-13,16,18H2,1H3. The molecule has 0 heterocycles. The fraction of sp³-hybridized carbons (Fsp3) is 0.520. The third-order valence-electron chi connectivity index (χ3n) is 6.60. The van der Waals surface area contributed by atoms with Gasteiger partial charge >= 0.3 is 0 Å². The fourth-order valence-corrected chi connectivity index (χ4v) is 4.97. The van der Waals surface area contributed by atoms with Crippen molar-refractivity contribution >= 4 is 5.57 Å². The normalized spacial score (nSPS) is 27.9. The van der Waals surface area contributed by atoms with Crippen molar-refractivity contribution in [2.24, 2.45) is 17.3 Å². The van der Waals surface area contributed by atoms with Crippen LogP contribution < -0.4 is 0 Å². The molecular weight excluding hydrogens is 338 g/mol. The van der Waals surface area contributed by atoms with Crippen molar-refractivity contribution in [2.45, 2.75) is 64.7 Å². The van der Waals surface area contributed by atoms with E-state index in [4.69, 9.17) is 0 Å². The summed E-state index contributed by atoms with van der Waals surface area (Å²) in [5.41, 5.74) is 2.82. The molecule has 1 aromatic carbocycles. The zero-order valence-corrected chi connectivity index (χ0v) is 16.5. The molecule has 0 radical (unpaired) electrons. The van der Waals surface area contributed by atoms with Crippen molar-refractivity contribution in [2.75, 3.05) is 0 Å². The number of benzene rings is 1. The highest BCUT2D eigenvalue weighted by molar-refractivity contribution is 5.75. The molecule has 0 spiro atoms. The minimum atomic E-state index is -1.51. The predicted octanol–water partition coefficient (Wildman–Crippen LogP) is 8.18. The second kappa shape index (κ2) is 9.48. The van der Waals surface area contributed by atoms with Gasteiger partial charge in [-0.05, 0) is 73.0 Å². The molecule has 0 aromatic heterocycles. The molecule has 0 aliphatic heterocycles. The Labute approximate surface area is 163 Å². The number of unbranched alkanes of at least 4 members (excludes halogenated alkanes) is 2. The molecule has 1 aromatic rings. The minimum Gasteiger partial charge on any atom is -0.174 e. The summed E-state index contributed by atoms with van der Waals surface area (Å²) in [6.07, 6.45) is 16.9. The molecule has 0 bridgehead atoms. The Morgan fingerprint density at radius 3 is 2.41 bits per heavy atom. The van der Waals surface area contributed by atoms with E-state index >= 15 is 0 Å². The molecule has 1 atom stereocenters. The number of rotatable bonds is 7. The summed E-state index contributed by atoms with van der Waals surface area (Å²) in [7, 11) is 0. The number of halogens is 2. The maximum Gasteiger partial charge on any atom is 0.266 e. The largest absolute Gasteiger partial charge is 0.266 e. The quantitative estimate of drug-likeness (QED) is 0.424. The van der Waals surface area contributed by atoms with Crippen molar-refractivity contribution in [3.63, 3.8) is 0 Å². The van der Waals surface area contributed by atoms with E-state index in [0.29, 0.717) is 5.92 Å². The molecule has 2 aliphatic rings. The van der Waals surface area contributed by atoms with E-state index in [9.17, 15) is 8.78 Å². The molecule has 27 heavy (non-hydrogen) atoms. The monoisotopic (exact) mass is 370 g/mol. The van der Waals surface area contributed by atoms with Gasteiger partial charge in [-0.2, -0.15) is 8.78 Å². The van der Waals surface area contributed by atoms with Crippen molar-refractivity contribution < 1.29 is 8.78 Å². The molecule has 2 aliphatic carbocycles. The molecule has 146 valence electrons. The molecule has 3 rings (SSSR count). The van der Waals surface area contributed by atoms with E-state index in [0.717, 1.165) is 32.1 Å². The van der Waals surface area contributed by atoms with Gasteiger partial charge in [0.05, 0.1) is 0 Å². The SMILES string of the molecule is CCCCCC1(C2CCC(C=C(F)F)CC2)C=CC(c2ccccc2)=CC1. The van der Waals surface area contributed by atoms with Crippen LogP contribution in [0.4, 0.5) is 8.78 Å². The molecule has 0 saturated heterocycles. The Morgan fingerprint density at radius 1 is 1.07 bits per heavy atom. The van der Waals surface area contributed by atoms with Crippen LogP contribution in [0.15, 0.2) is 60.7 Å². The van der Waals surface area contributed by atoms with Crippen molar-refractivity contribution in [3.05, 3.63) is 66.3 Å². The average molecular weight is 371 g/mol. The van der Waals surface area contributed by atoms with E-state index in [1.807, 2.05) is 0 Å². The van der Waals surface area contributed by atoms with Crippen LogP contribution in [0.5, 0.6) is 0 Å². The van der Waals surface area contributed by atoms with Crippen LogP contribution >= 0.6 is 0 Å². The Kier molecular flexibility index (Phi) is 7.04. The summed E-state index contributed by atoms with van der Waals surface area (Å²) in [5, 5.41) is 0. The Balaban J connectivity index is 1.72. The van der Waals surface area contributed by atoms with Crippen LogP contribution in [0.1, 0.15) is 70.3 Å². The summed E-state index contributed by atoms with van der Waals surface area (Å²) >= 11 is 0. The average Bonchev–Trinajstić information content (AvgIpc) is 2.69. The van der Waals surface area contributed by atoms with Gasteiger partial charge in [-0.15, -0.1) is 0 Å². The summed E-state index contributed by atoms with van der Waals surface area (Å²) in [4.78, 5) is 0. The molecular formula is C25H32F2. The lowest BCUT2D eigenvalue weighted by Crippen LogP contribution is -2.32. The summed E-state index contributed by atoms with van der Waals surface area (Å²) in [6, 6.07) is 10.6. The lowest BCUT2D eigenvalue weighted by Gasteiger charge is -2.43. The fourth-order valence-electron chi connectivity index (χ4n) is 4.97. The van der Waals surface area contributed by atoms with Gasteiger partial charge in [0.2, 0.25) is 0 Å². The smallest absolute Gasteiger partial charge is 0.174 e. The second-order valence-corrected chi connectivity index (χ2v) is 8.32. The Bertz CT molecular complexity index is 674. The molecule has 0 N–H and O–H groups in total. The number of hydrogen-bond donors (Lipinski definition) is 0. The zero-order valence-electron chi connectivity index (χ0n) is 16.5. The zero-order chi connectivity index (χ0) is 19.1. The van der Waals surface area contributed by atoms with E-state index in [2.05, 4.69) is 55.5 Å². The first-order chi connectivity index (χ1) is 13.1. The van der Waals surface area contributed by atoms with Gasteiger partial charge in [-0.3, -0.25) is 0 Å². The van der Waals surface area contributed by atoms with E-state index in [1.165, 1.54) is 42.9 Å². The van der Waals surface area contributed by atoms with Gasteiger partial charge < -0.3 is 0 Å². The van der Waals surface area contributed by atoms with Gasteiger partial charge in [0.1, 0.15) is 0 Å². The Hall–Kier alpha value is -1.70. The Morgan fingerprint density at radius 2 is 1.81 bits per heavy atom. The van der Waals surface area contributed by atoms with Crippen LogP contribution in [0.3, 0.4) is 0 Å². The predicted molar refractivity (Wildman–Crippen MR) is 110 cm³/mol. The van der Waals surface area contributed by atoms with Gasteiger partial charge in [0.15, 0.2) is 0 Å². The molecule has 0 amide bonds. The van der Waals surface area contributed by atoms with E-state index < -0.39 is 6.08 Å². The van der Waals surface area contributed by atoms with Gasteiger partial charge in [-0.25, -0.2) is 0 Å². The second-order valence-electron chi connectivity index (χ2n) is 8.32. The highest BCUT2D eigenvalue weighted by Gasteiger charge is 2.38. The highest BCUT2D eigenvalue weighted by Crippen LogP contribution is 2.50. The van der Waals surface area contributed by atoms with Gasteiger partial charge in [-0.1, -0.05) is 74.7 Å². The maximum atomic E-state index is 12.6. The molecule has 1 unspecified atom stereocenters. The third-order valence-corrected chi connectivity index (χ3v) is 6.60. The van der Waals surface area contributed by atoms with Crippen LogP contribution in [0.2, 0.25) is 0 Å². The van der Waals surface area contributed by atoms with Crippen molar-refractivity contribution in [3.8, 4) is 0 Å². The lowest BCUT2D eigenvalue weighted by molar-refractivity contribution is 0.140. The topological polar surface area (TPSA) is 0 Å². The first-order valence-corrected chi connectivity index (χ1v) is 10.6.